The van der Waals surface area contributed by atoms with E-state index < -0.39 is 0 Å². The molecule has 112 valence electrons. The van der Waals surface area contributed by atoms with Gasteiger partial charge < -0.3 is 15.2 Å². The Morgan fingerprint density at radius 2 is 2.16 bits per heavy atom. The summed E-state index contributed by atoms with van der Waals surface area (Å²) in [5.41, 5.74) is -0.0700. The number of ether oxygens (including phenoxy) is 1. The molecule has 19 heavy (non-hydrogen) atoms. The molecular formula is C15H30N2O2. The van der Waals surface area contributed by atoms with Crippen molar-refractivity contribution < 1.29 is 9.84 Å². The first-order valence-electron chi connectivity index (χ1n) is 7.84. The summed E-state index contributed by atoms with van der Waals surface area (Å²) in [6.07, 6.45) is 6.41. The van der Waals surface area contributed by atoms with Crippen molar-refractivity contribution in [2.75, 3.05) is 32.8 Å². The van der Waals surface area contributed by atoms with Gasteiger partial charge in [0.2, 0.25) is 0 Å². The van der Waals surface area contributed by atoms with E-state index in [-0.39, 0.29) is 12.1 Å². The number of hydrogen-bond donors (Lipinski definition) is 2. The van der Waals surface area contributed by atoms with Crippen molar-refractivity contribution in [1.82, 2.24) is 10.2 Å². The van der Waals surface area contributed by atoms with Crippen molar-refractivity contribution in [3.63, 3.8) is 0 Å². The number of morpholine rings is 1. The number of aliphatic hydroxyl groups is 1. The highest BCUT2D eigenvalue weighted by molar-refractivity contribution is 4.92. The zero-order valence-corrected chi connectivity index (χ0v) is 12.5. The molecule has 0 radical (unpaired) electrons. The third-order valence-corrected chi connectivity index (χ3v) is 4.26. The van der Waals surface area contributed by atoms with Crippen LogP contribution in [0.25, 0.3) is 0 Å². The Hall–Kier alpha value is -0.160. The lowest BCUT2D eigenvalue weighted by molar-refractivity contribution is -0.0188. The molecule has 1 heterocycles. The molecule has 2 aliphatic rings. The number of nitrogens with zero attached hydrogens (tertiary/aromatic N) is 1. The fraction of sp³-hybridized carbons (Fsp3) is 1.00. The molecule has 1 aliphatic heterocycles. The average Bonchev–Trinajstić information content (AvgIpc) is 3.19. The van der Waals surface area contributed by atoms with E-state index in [9.17, 15) is 5.11 Å². The Morgan fingerprint density at radius 1 is 1.37 bits per heavy atom. The van der Waals surface area contributed by atoms with Crippen LogP contribution in [0.2, 0.25) is 0 Å². The second-order valence-corrected chi connectivity index (χ2v) is 6.58. The van der Waals surface area contributed by atoms with Crippen molar-refractivity contribution >= 4 is 0 Å². The van der Waals surface area contributed by atoms with Gasteiger partial charge in [0.05, 0.1) is 19.3 Å². The molecule has 0 aromatic rings. The van der Waals surface area contributed by atoms with Gasteiger partial charge in [-0.15, -0.1) is 0 Å². The zero-order chi connectivity index (χ0) is 13.7. The Morgan fingerprint density at radius 3 is 2.79 bits per heavy atom. The summed E-state index contributed by atoms with van der Waals surface area (Å²) in [4.78, 5) is 2.50. The van der Waals surface area contributed by atoms with Gasteiger partial charge in [-0.3, -0.25) is 4.90 Å². The molecule has 2 rings (SSSR count). The summed E-state index contributed by atoms with van der Waals surface area (Å²) < 4.78 is 5.55. The first-order chi connectivity index (χ1) is 9.11. The lowest BCUT2D eigenvalue weighted by atomic mass is 9.95. The van der Waals surface area contributed by atoms with Gasteiger partial charge in [-0.05, 0) is 46.1 Å². The minimum Gasteiger partial charge on any atom is -0.394 e. The highest BCUT2D eigenvalue weighted by Gasteiger charge is 2.31. The van der Waals surface area contributed by atoms with E-state index in [2.05, 4.69) is 24.1 Å². The molecule has 0 spiro atoms. The molecule has 2 unspecified atom stereocenters. The monoisotopic (exact) mass is 270 g/mol. The Kier molecular flexibility index (Phi) is 5.63. The predicted molar refractivity (Wildman–Crippen MR) is 77.4 cm³/mol. The molecular weight excluding hydrogens is 240 g/mol. The molecule has 1 aliphatic carbocycles. The normalized spacial score (nSPS) is 28.3. The molecule has 0 aromatic heterocycles. The molecule has 2 N–H and O–H groups in total. The molecule has 1 saturated carbocycles. The molecule has 2 atom stereocenters. The average molecular weight is 270 g/mol. The third kappa shape index (κ3) is 5.38. The fourth-order valence-corrected chi connectivity index (χ4v) is 2.86. The molecule has 4 nitrogen and oxygen atoms in total. The van der Waals surface area contributed by atoms with Crippen LogP contribution in [0, 0.1) is 0 Å². The summed E-state index contributed by atoms with van der Waals surface area (Å²) in [6.45, 7) is 8.73. The largest absolute Gasteiger partial charge is 0.394 e. The summed E-state index contributed by atoms with van der Waals surface area (Å²) in [5, 5.41) is 13.1. The topological polar surface area (TPSA) is 44.7 Å². The number of unbranched alkanes of at least 4 members (excludes halogenated alkanes) is 1. The smallest absolute Gasteiger partial charge is 0.0674 e. The standard InChI is InChI=1S/C15H30N2O2/c1-13-11-17(9-10-19-13)8-4-3-7-15(2,12-18)16-14-5-6-14/h13-14,16,18H,3-12H2,1-2H3. The van der Waals surface area contributed by atoms with Gasteiger partial charge in [0.25, 0.3) is 0 Å². The van der Waals surface area contributed by atoms with E-state index >= 15 is 0 Å². The maximum Gasteiger partial charge on any atom is 0.0674 e. The minimum atomic E-state index is -0.0700. The van der Waals surface area contributed by atoms with Gasteiger partial charge in [-0.1, -0.05) is 6.42 Å². The summed E-state index contributed by atoms with van der Waals surface area (Å²) in [5.74, 6) is 0. The summed E-state index contributed by atoms with van der Waals surface area (Å²) >= 11 is 0. The van der Waals surface area contributed by atoms with Crippen molar-refractivity contribution in [3.05, 3.63) is 0 Å². The zero-order valence-electron chi connectivity index (χ0n) is 12.5. The molecule has 0 amide bonds. The van der Waals surface area contributed by atoms with Crippen molar-refractivity contribution in [2.45, 2.75) is 63.6 Å². The first-order valence-corrected chi connectivity index (χ1v) is 7.84. The van der Waals surface area contributed by atoms with Crippen molar-refractivity contribution in [2.24, 2.45) is 0 Å². The quantitative estimate of drug-likeness (QED) is 0.654. The summed E-state index contributed by atoms with van der Waals surface area (Å²) in [7, 11) is 0. The predicted octanol–water partition coefficient (Wildman–Crippen LogP) is 1.38. The van der Waals surface area contributed by atoms with Crippen LogP contribution in [-0.2, 0) is 4.74 Å². The number of hydrogen-bond acceptors (Lipinski definition) is 4. The van der Waals surface area contributed by atoms with Crippen LogP contribution < -0.4 is 5.32 Å². The molecule has 2 fully saturated rings. The van der Waals surface area contributed by atoms with Gasteiger partial charge in [-0.25, -0.2) is 0 Å². The lowest BCUT2D eigenvalue weighted by Crippen LogP contribution is -2.47. The van der Waals surface area contributed by atoms with Gasteiger partial charge in [-0.2, -0.15) is 0 Å². The van der Waals surface area contributed by atoms with Crippen LogP contribution in [0.5, 0.6) is 0 Å². The fourth-order valence-electron chi connectivity index (χ4n) is 2.86. The van der Waals surface area contributed by atoms with E-state index in [4.69, 9.17) is 4.74 Å². The first kappa shape index (κ1) is 15.2. The highest BCUT2D eigenvalue weighted by Crippen LogP contribution is 2.25. The molecule has 0 aromatic carbocycles. The van der Waals surface area contributed by atoms with Gasteiger partial charge in [0, 0.05) is 24.7 Å². The second-order valence-electron chi connectivity index (χ2n) is 6.58. The minimum absolute atomic E-state index is 0.0700. The van der Waals surface area contributed by atoms with E-state index in [1.807, 2.05) is 0 Å². The van der Waals surface area contributed by atoms with Crippen LogP contribution in [0.4, 0.5) is 0 Å². The number of aliphatic hydroxyl groups excluding tert-OH is 1. The van der Waals surface area contributed by atoms with Crippen LogP contribution in [0.3, 0.4) is 0 Å². The van der Waals surface area contributed by atoms with E-state index in [1.54, 1.807) is 0 Å². The van der Waals surface area contributed by atoms with Crippen LogP contribution in [0.1, 0.15) is 46.0 Å². The van der Waals surface area contributed by atoms with E-state index in [1.165, 1.54) is 32.2 Å². The molecule has 0 bridgehead atoms. The van der Waals surface area contributed by atoms with Crippen LogP contribution >= 0.6 is 0 Å². The van der Waals surface area contributed by atoms with Gasteiger partial charge >= 0.3 is 0 Å². The van der Waals surface area contributed by atoms with E-state index in [0.29, 0.717) is 12.1 Å². The van der Waals surface area contributed by atoms with Gasteiger partial charge in [0.15, 0.2) is 0 Å². The number of nitrogens with one attached hydrogen (secondary N) is 1. The second kappa shape index (κ2) is 7.02. The SMILES string of the molecule is CC1CN(CCCCC(C)(CO)NC2CC2)CCO1. The Bertz CT molecular complexity index is 271. The molecule has 4 heteroatoms. The van der Waals surface area contributed by atoms with Crippen LogP contribution in [0.15, 0.2) is 0 Å². The lowest BCUT2D eigenvalue weighted by Gasteiger charge is -2.32. The Balaban J connectivity index is 1.59. The number of rotatable bonds is 8. The van der Waals surface area contributed by atoms with E-state index in [0.717, 1.165) is 26.1 Å². The summed E-state index contributed by atoms with van der Waals surface area (Å²) in [6, 6.07) is 0.664. The van der Waals surface area contributed by atoms with Crippen molar-refractivity contribution in [1.29, 1.82) is 0 Å². The van der Waals surface area contributed by atoms with Crippen LogP contribution in [-0.4, -0.2) is 60.5 Å². The maximum atomic E-state index is 9.56. The van der Waals surface area contributed by atoms with Crippen molar-refractivity contribution in [3.8, 4) is 0 Å². The Labute approximate surface area is 117 Å². The third-order valence-electron chi connectivity index (χ3n) is 4.26. The highest BCUT2D eigenvalue weighted by atomic mass is 16.5. The molecule has 1 saturated heterocycles. The van der Waals surface area contributed by atoms with Gasteiger partial charge in [0.1, 0.15) is 0 Å². The maximum absolute atomic E-state index is 9.56.